The molecule has 0 aromatic heterocycles. The van der Waals surface area contributed by atoms with Crippen molar-refractivity contribution in [1.82, 2.24) is 0 Å². The maximum absolute atomic E-state index is 2.94. The van der Waals surface area contributed by atoms with Crippen LogP contribution in [0.1, 0.15) is 18.4 Å². The van der Waals surface area contributed by atoms with Crippen LogP contribution in [0.2, 0.25) is 0 Å². The van der Waals surface area contributed by atoms with Gasteiger partial charge in [0, 0.05) is 5.16 Å². The van der Waals surface area contributed by atoms with Gasteiger partial charge in [0.05, 0.1) is 0 Å². The Morgan fingerprint density at radius 2 is 1.70 bits per heavy atom. The molecule has 0 aliphatic heterocycles. The summed E-state index contributed by atoms with van der Waals surface area (Å²) in [4.78, 5) is 0. The van der Waals surface area contributed by atoms with Crippen molar-refractivity contribution in [2.45, 2.75) is 18.0 Å². The largest absolute Gasteiger partial charge is 0.126 e. The van der Waals surface area contributed by atoms with Crippen molar-refractivity contribution in [1.29, 1.82) is 0 Å². The van der Waals surface area contributed by atoms with Gasteiger partial charge in [0.25, 0.3) is 0 Å². The second-order valence-corrected chi connectivity index (χ2v) is 4.13. The van der Waals surface area contributed by atoms with E-state index < -0.39 is 0 Å². The van der Waals surface area contributed by atoms with Crippen LogP contribution in [0, 0.1) is 0 Å². The van der Waals surface area contributed by atoms with Crippen LogP contribution in [0.4, 0.5) is 0 Å². The summed E-state index contributed by atoms with van der Waals surface area (Å²) >= 11 is 0. The van der Waals surface area contributed by atoms with Gasteiger partial charge in [-0.05, 0) is 18.4 Å². The molecule has 1 aromatic rings. The van der Waals surface area contributed by atoms with Gasteiger partial charge < -0.3 is 0 Å². The Hall–Kier alpha value is -0.350. The standard InChI is InChI=1S/C9H11P/c10-9(6-7-9)8-4-2-1-3-5-8/h1-5H,6-7,10H2. The first kappa shape index (κ1) is 6.37. The van der Waals surface area contributed by atoms with Crippen LogP contribution in [-0.2, 0) is 5.16 Å². The topological polar surface area (TPSA) is 0 Å². The first-order valence-electron chi connectivity index (χ1n) is 3.66. The molecule has 0 nitrogen and oxygen atoms in total. The molecule has 52 valence electrons. The van der Waals surface area contributed by atoms with Crippen LogP contribution in [0.15, 0.2) is 30.3 Å². The number of hydrogen-bond acceptors (Lipinski definition) is 0. The molecular weight excluding hydrogens is 139 g/mol. The van der Waals surface area contributed by atoms with E-state index in [1.54, 1.807) is 0 Å². The van der Waals surface area contributed by atoms with E-state index in [0.717, 1.165) is 0 Å². The lowest BCUT2D eigenvalue weighted by molar-refractivity contribution is 1.04. The predicted octanol–water partition coefficient (Wildman–Crippen LogP) is 2.55. The van der Waals surface area contributed by atoms with Crippen molar-refractivity contribution < 1.29 is 0 Å². The fourth-order valence-electron chi connectivity index (χ4n) is 1.19. The molecule has 1 atom stereocenters. The molecule has 1 unspecified atom stereocenters. The monoisotopic (exact) mass is 150 g/mol. The van der Waals surface area contributed by atoms with Crippen LogP contribution in [0.5, 0.6) is 0 Å². The maximum Gasteiger partial charge on any atom is 0.00984 e. The van der Waals surface area contributed by atoms with Crippen molar-refractivity contribution >= 4 is 9.24 Å². The molecule has 0 saturated heterocycles. The van der Waals surface area contributed by atoms with E-state index in [4.69, 9.17) is 0 Å². The molecule has 1 aliphatic rings. The zero-order chi connectivity index (χ0) is 7.03. The third-order valence-electron chi connectivity index (χ3n) is 2.14. The lowest BCUT2D eigenvalue weighted by Gasteiger charge is -2.06. The average molecular weight is 150 g/mol. The Morgan fingerprint density at radius 1 is 1.10 bits per heavy atom. The number of benzene rings is 1. The third-order valence-corrected chi connectivity index (χ3v) is 3.05. The van der Waals surface area contributed by atoms with Crippen LogP contribution >= 0.6 is 9.24 Å². The Morgan fingerprint density at radius 3 is 2.20 bits per heavy atom. The molecule has 1 aliphatic carbocycles. The van der Waals surface area contributed by atoms with Gasteiger partial charge in [-0.25, -0.2) is 0 Å². The highest BCUT2D eigenvalue weighted by molar-refractivity contribution is 7.19. The smallest absolute Gasteiger partial charge is 0.00984 e. The molecule has 1 heteroatoms. The summed E-state index contributed by atoms with van der Waals surface area (Å²) in [5.74, 6) is 0. The molecule has 10 heavy (non-hydrogen) atoms. The summed E-state index contributed by atoms with van der Waals surface area (Å²) < 4.78 is 0. The molecule has 1 saturated carbocycles. The minimum Gasteiger partial charge on any atom is -0.126 e. The van der Waals surface area contributed by atoms with Gasteiger partial charge in [0.1, 0.15) is 0 Å². The number of hydrogen-bond donors (Lipinski definition) is 0. The molecular formula is C9H11P. The lowest BCUT2D eigenvalue weighted by Crippen LogP contribution is -1.92. The summed E-state index contributed by atoms with van der Waals surface area (Å²) in [7, 11) is 2.94. The van der Waals surface area contributed by atoms with E-state index >= 15 is 0 Å². The van der Waals surface area contributed by atoms with Gasteiger partial charge in [0.15, 0.2) is 0 Å². The van der Waals surface area contributed by atoms with Crippen molar-refractivity contribution in [3.63, 3.8) is 0 Å². The SMILES string of the molecule is PC1(c2ccccc2)CC1. The van der Waals surface area contributed by atoms with Crippen molar-refractivity contribution in [2.24, 2.45) is 0 Å². The summed E-state index contributed by atoms with van der Waals surface area (Å²) in [5, 5.41) is 0.460. The van der Waals surface area contributed by atoms with Gasteiger partial charge in [-0.15, -0.1) is 9.24 Å². The lowest BCUT2D eigenvalue weighted by atomic mass is 10.1. The van der Waals surface area contributed by atoms with E-state index in [-0.39, 0.29) is 0 Å². The fourth-order valence-corrected chi connectivity index (χ4v) is 1.53. The van der Waals surface area contributed by atoms with Crippen LogP contribution in [0.25, 0.3) is 0 Å². The van der Waals surface area contributed by atoms with Gasteiger partial charge in [0.2, 0.25) is 0 Å². The highest BCUT2D eigenvalue weighted by Gasteiger charge is 2.38. The predicted molar refractivity (Wildman–Crippen MR) is 47.1 cm³/mol. The molecule has 1 fully saturated rings. The quantitative estimate of drug-likeness (QED) is 0.540. The van der Waals surface area contributed by atoms with E-state index in [1.165, 1.54) is 18.4 Å². The summed E-state index contributed by atoms with van der Waals surface area (Å²) in [5.41, 5.74) is 1.47. The Bertz CT molecular complexity index is 224. The molecule has 0 N–H and O–H groups in total. The zero-order valence-corrected chi connectivity index (χ0v) is 7.03. The minimum atomic E-state index is 0.460. The van der Waals surface area contributed by atoms with Crippen molar-refractivity contribution in [2.75, 3.05) is 0 Å². The highest BCUT2D eigenvalue weighted by atomic mass is 31.0. The summed E-state index contributed by atoms with van der Waals surface area (Å²) in [6.45, 7) is 0. The Labute approximate surface area is 63.9 Å². The molecule has 2 rings (SSSR count). The minimum absolute atomic E-state index is 0.460. The Balaban J connectivity index is 2.35. The van der Waals surface area contributed by atoms with Gasteiger partial charge >= 0.3 is 0 Å². The number of rotatable bonds is 1. The zero-order valence-electron chi connectivity index (χ0n) is 5.88. The molecule has 0 heterocycles. The first-order valence-corrected chi connectivity index (χ1v) is 4.23. The maximum atomic E-state index is 2.94. The fraction of sp³-hybridized carbons (Fsp3) is 0.333. The molecule has 0 bridgehead atoms. The van der Waals surface area contributed by atoms with Gasteiger partial charge in [-0.2, -0.15) is 0 Å². The van der Waals surface area contributed by atoms with Gasteiger partial charge in [-0.1, -0.05) is 30.3 Å². The van der Waals surface area contributed by atoms with Crippen molar-refractivity contribution in [3.05, 3.63) is 35.9 Å². The Kier molecular flexibility index (Phi) is 1.32. The summed E-state index contributed by atoms with van der Waals surface area (Å²) in [6.07, 6.45) is 2.67. The average Bonchev–Trinajstić information content (AvgIpc) is 2.72. The highest BCUT2D eigenvalue weighted by Crippen LogP contribution is 2.53. The first-order chi connectivity index (χ1) is 4.81. The molecule has 0 radical (unpaired) electrons. The third kappa shape index (κ3) is 0.973. The van der Waals surface area contributed by atoms with Crippen LogP contribution < -0.4 is 0 Å². The van der Waals surface area contributed by atoms with E-state index in [9.17, 15) is 0 Å². The second-order valence-electron chi connectivity index (χ2n) is 3.02. The molecule has 0 spiro atoms. The second kappa shape index (κ2) is 2.07. The molecule has 0 amide bonds. The van der Waals surface area contributed by atoms with Gasteiger partial charge in [-0.3, -0.25) is 0 Å². The van der Waals surface area contributed by atoms with Crippen LogP contribution in [-0.4, -0.2) is 0 Å². The van der Waals surface area contributed by atoms with E-state index in [2.05, 4.69) is 39.6 Å². The van der Waals surface area contributed by atoms with E-state index in [0.29, 0.717) is 5.16 Å². The van der Waals surface area contributed by atoms with E-state index in [1.807, 2.05) is 0 Å². The van der Waals surface area contributed by atoms with Crippen molar-refractivity contribution in [3.8, 4) is 0 Å². The normalized spacial score (nSPS) is 20.5. The summed E-state index contributed by atoms with van der Waals surface area (Å²) in [6, 6.07) is 10.7. The molecule has 1 aromatic carbocycles. The van der Waals surface area contributed by atoms with Crippen LogP contribution in [0.3, 0.4) is 0 Å².